The lowest BCUT2D eigenvalue weighted by molar-refractivity contribution is -0.140. The van der Waals surface area contributed by atoms with Gasteiger partial charge in [-0.3, -0.25) is 9.59 Å². The van der Waals surface area contributed by atoms with Crippen LogP contribution in [0, 0.1) is 13.8 Å². The number of aromatic amines is 1. The van der Waals surface area contributed by atoms with Crippen molar-refractivity contribution in [3.05, 3.63) is 63.5 Å². The molecule has 1 unspecified atom stereocenters. The fourth-order valence-electron chi connectivity index (χ4n) is 4.81. The van der Waals surface area contributed by atoms with E-state index in [2.05, 4.69) is 9.88 Å². The Morgan fingerprint density at radius 3 is 2.24 bits per heavy atom. The summed E-state index contributed by atoms with van der Waals surface area (Å²) >= 11 is 0. The Balaban J connectivity index is 2.17. The molecule has 1 atom stereocenters. The summed E-state index contributed by atoms with van der Waals surface area (Å²) in [6.45, 7) is 11.5. The van der Waals surface area contributed by atoms with Gasteiger partial charge in [-0.15, -0.1) is 0 Å². The minimum absolute atomic E-state index is 0.0824. The number of carbonyl (C=O) groups is 4. The van der Waals surface area contributed by atoms with Gasteiger partial charge in [-0.05, 0) is 57.1 Å². The molecule has 0 radical (unpaired) electrons. The highest BCUT2D eigenvalue weighted by Gasteiger charge is 2.46. The number of likely N-dealkylation sites (tertiary alicyclic amines) is 1. The average molecular weight is 526 g/mol. The number of H-pyrrole nitrogens is 1. The zero-order valence-electron chi connectivity index (χ0n) is 22.7. The van der Waals surface area contributed by atoms with E-state index in [1.54, 1.807) is 45.0 Å². The molecule has 1 amide bonds. The van der Waals surface area contributed by atoms with Crippen LogP contribution in [0.3, 0.4) is 0 Å². The van der Waals surface area contributed by atoms with E-state index in [1.807, 2.05) is 13.8 Å². The lowest BCUT2D eigenvalue weighted by atomic mass is 9.93. The number of benzene rings is 1. The summed E-state index contributed by atoms with van der Waals surface area (Å²) in [5.74, 6) is -3.02. The minimum atomic E-state index is -0.892. The van der Waals surface area contributed by atoms with Crippen molar-refractivity contribution in [1.82, 2.24) is 14.8 Å². The molecule has 0 saturated carbocycles. The number of Topliss-reactive ketones (excluding diaryl/α,β-unsaturated/α-hetero) is 1. The van der Waals surface area contributed by atoms with Gasteiger partial charge >= 0.3 is 11.9 Å². The Morgan fingerprint density at radius 1 is 1.05 bits per heavy atom. The fraction of sp³-hybridized carbons (Fsp3) is 0.429. The number of aryl methyl sites for hydroxylation is 1. The molecule has 1 aliphatic heterocycles. The van der Waals surface area contributed by atoms with Crippen molar-refractivity contribution in [2.24, 2.45) is 0 Å². The summed E-state index contributed by atoms with van der Waals surface area (Å²) in [5.41, 5.74) is 2.08. The topological polar surface area (TPSA) is 129 Å². The standard InChI is InChI=1S/C28H35N3O7/c1-7-30(8-2)14-15-31-23(18-10-12-19(13-11-18)27(35)37-6)21(25(33)26(31)34)24(32)20-16(4)22(29-17(20)5)28(36)38-9-3/h10-13,23,29,32H,7-9,14-15H2,1-6H3. The molecule has 2 aromatic rings. The fourth-order valence-corrected chi connectivity index (χ4v) is 4.81. The number of hydrogen-bond acceptors (Lipinski definition) is 8. The van der Waals surface area contributed by atoms with Crippen LogP contribution in [0.4, 0.5) is 0 Å². The van der Waals surface area contributed by atoms with Crippen LogP contribution < -0.4 is 0 Å². The molecule has 1 saturated heterocycles. The second-order valence-electron chi connectivity index (χ2n) is 8.98. The summed E-state index contributed by atoms with van der Waals surface area (Å²) in [4.78, 5) is 57.6. The van der Waals surface area contributed by atoms with E-state index in [-0.39, 0.29) is 35.7 Å². The SMILES string of the molecule is CCOC(=O)c1[nH]c(C)c(C(O)=C2C(=O)C(=O)N(CCN(CC)CC)C2c2ccc(C(=O)OC)cc2)c1C. The zero-order chi connectivity index (χ0) is 28.1. The third-order valence-corrected chi connectivity index (χ3v) is 6.89. The molecule has 1 aromatic heterocycles. The Bertz CT molecular complexity index is 1260. The maximum Gasteiger partial charge on any atom is 0.355 e. The van der Waals surface area contributed by atoms with Gasteiger partial charge < -0.3 is 29.4 Å². The molecule has 0 spiro atoms. The highest BCUT2D eigenvalue weighted by Crippen LogP contribution is 2.41. The lowest BCUT2D eigenvalue weighted by Crippen LogP contribution is -2.38. The number of likely N-dealkylation sites (N-methyl/N-ethyl adjacent to an activating group) is 1. The number of ether oxygens (including phenoxy) is 2. The van der Waals surface area contributed by atoms with Gasteiger partial charge in [0.05, 0.1) is 30.9 Å². The van der Waals surface area contributed by atoms with Gasteiger partial charge in [0.1, 0.15) is 11.5 Å². The van der Waals surface area contributed by atoms with Crippen LogP contribution in [-0.2, 0) is 19.1 Å². The molecular formula is C28H35N3O7. The van der Waals surface area contributed by atoms with Gasteiger partial charge in [-0.25, -0.2) is 9.59 Å². The first-order valence-corrected chi connectivity index (χ1v) is 12.7. The van der Waals surface area contributed by atoms with Crippen molar-refractivity contribution < 1.29 is 33.8 Å². The van der Waals surface area contributed by atoms with Crippen LogP contribution in [-0.4, -0.2) is 83.4 Å². The second kappa shape index (κ2) is 12.1. The zero-order valence-corrected chi connectivity index (χ0v) is 22.7. The number of amides is 1. The highest BCUT2D eigenvalue weighted by atomic mass is 16.5. The van der Waals surface area contributed by atoms with Crippen molar-refractivity contribution in [2.45, 2.75) is 40.7 Å². The number of aromatic nitrogens is 1. The van der Waals surface area contributed by atoms with Gasteiger partial charge in [-0.1, -0.05) is 26.0 Å². The molecule has 1 fully saturated rings. The number of nitrogens with one attached hydrogen (secondary N) is 1. The van der Waals surface area contributed by atoms with Gasteiger partial charge in [-0.2, -0.15) is 0 Å². The Kier molecular flexibility index (Phi) is 9.11. The number of aliphatic hydroxyl groups excluding tert-OH is 1. The first-order chi connectivity index (χ1) is 18.1. The summed E-state index contributed by atoms with van der Waals surface area (Å²) in [5, 5.41) is 11.5. The first kappa shape index (κ1) is 28.6. The predicted octanol–water partition coefficient (Wildman–Crippen LogP) is 3.36. The molecule has 204 valence electrons. The van der Waals surface area contributed by atoms with Crippen LogP contribution in [0.1, 0.15) is 70.0 Å². The highest BCUT2D eigenvalue weighted by molar-refractivity contribution is 6.46. The van der Waals surface area contributed by atoms with Crippen molar-refractivity contribution in [3.8, 4) is 0 Å². The summed E-state index contributed by atoms with van der Waals surface area (Å²) in [7, 11) is 1.28. The summed E-state index contributed by atoms with van der Waals surface area (Å²) < 4.78 is 9.88. The van der Waals surface area contributed by atoms with Gasteiger partial charge in [0.25, 0.3) is 11.7 Å². The van der Waals surface area contributed by atoms with Crippen molar-refractivity contribution in [1.29, 1.82) is 0 Å². The monoisotopic (exact) mass is 525 g/mol. The first-order valence-electron chi connectivity index (χ1n) is 12.7. The maximum atomic E-state index is 13.4. The third-order valence-electron chi connectivity index (χ3n) is 6.89. The van der Waals surface area contributed by atoms with Crippen LogP contribution in [0.2, 0.25) is 0 Å². The molecule has 3 rings (SSSR count). The van der Waals surface area contributed by atoms with Gasteiger partial charge in [0.2, 0.25) is 0 Å². The molecule has 1 aliphatic rings. The molecule has 38 heavy (non-hydrogen) atoms. The van der Waals surface area contributed by atoms with E-state index in [1.165, 1.54) is 12.0 Å². The number of ketones is 1. The van der Waals surface area contributed by atoms with E-state index in [0.717, 1.165) is 13.1 Å². The number of aliphatic hydroxyl groups is 1. The number of esters is 2. The molecule has 0 aliphatic carbocycles. The Morgan fingerprint density at radius 2 is 1.68 bits per heavy atom. The number of rotatable bonds is 10. The number of methoxy groups -OCH3 is 1. The number of hydrogen-bond donors (Lipinski definition) is 2. The normalized spacial score (nSPS) is 16.8. The quantitative estimate of drug-likeness (QED) is 0.209. The maximum absolute atomic E-state index is 13.4. The van der Waals surface area contributed by atoms with Crippen LogP contribution >= 0.6 is 0 Å². The molecule has 2 N–H and O–H groups in total. The van der Waals surface area contributed by atoms with Crippen LogP contribution in [0.25, 0.3) is 5.76 Å². The average Bonchev–Trinajstić information content (AvgIpc) is 3.35. The molecule has 10 nitrogen and oxygen atoms in total. The lowest BCUT2D eigenvalue weighted by Gasteiger charge is -2.28. The Hall–Kier alpha value is -3.92. The number of nitrogens with zero attached hydrogens (tertiary/aromatic N) is 2. The molecule has 10 heteroatoms. The third kappa shape index (κ3) is 5.35. The van der Waals surface area contributed by atoms with E-state index in [9.17, 15) is 24.3 Å². The van der Waals surface area contributed by atoms with Crippen molar-refractivity contribution >= 4 is 29.4 Å². The molecule has 2 heterocycles. The van der Waals surface area contributed by atoms with Crippen LogP contribution in [0.5, 0.6) is 0 Å². The minimum Gasteiger partial charge on any atom is -0.507 e. The van der Waals surface area contributed by atoms with Crippen molar-refractivity contribution in [2.75, 3.05) is 39.9 Å². The molecular weight excluding hydrogens is 490 g/mol. The molecule has 1 aromatic carbocycles. The summed E-state index contributed by atoms with van der Waals surface area (Å²) in [6.07, 6.45) is 0. The number of carbonyl (C=O) groups excluding carboxylic acids is 4. The largest absolute Gasteiger partial charge is 0.507 e. The predicted molar refractivity (Wildman–Crippen MR) is 141 cm³/mol. The van der Waals surface area contributed by atoms with E-state index in [4.69, 9.17) is 9.47 Å². The van der Waals surface area contributed by atoms with Gasteiger partial charge in [0.15, 0.2) is 0 Å². The smallest absolute Gasteiger partial charge is 0.355 e. The van der Waals surface area contributed by atoms with E-state index >= 15 is 0 Å². The van der Waals surface area contributed by atoms with Gasteiger partial charge in [0, 0.05) is 24.3 Å². The van der Waals surface area contributed by atoms with Crippen LogP contribution in [0.15, 0.2) is 29.8 Å². The van der Waals surface area contributed by atoms with Crippen molar-refractivity contribution in [3.63, 3.8) is 0 Å². The van der Waals surface area contributed by atoms with E-state index in [0.29, 0.717) is 28.9 Å². The second-order valence-corrected chi connectivity index (χ2v) is 8.98. The summed E-state index contributed by atoms with van der Waals surface area (Å²) in [6, 6.07) is 5.49. The Labute approximate surface area is 222 Å². The van der Waals surface area contributed by atoms with E-state index < -0.39 is 29.7 Å². The molecule has 0 bridgehead atoms.